The highest BCUT2D eigenvalue weighted by molar-refractivity contribution is 5.77. The summed E-state index contributed by atoms with van der Waals surface area (Å²) in [7, 11) is 1.75. The highest BCUT2D eigenvalue weighted by Crippen LogP contribution is 2.16. The lowest BCUT2D eigenvalue weighted by Gasteiger charge is -2.16. The van der Waals surface area contributed by atoms with Crippen LogP contribution in [0.5, 0.6) is 0 Å². The van der Waals surface area contributed by atoms with E-state index in [1.165, 1.54) is 10.9 Å². The first-order chi connectivity index (χ1) is 10.7. The fourth-order valence-corrected chi connectivity index (χ4v) is 2.05. The zero-order chi connectivity index (χ0) is 15.8. The molecule has 1 aromatic carbocycles. The summed E-state index contributed by atoms with van der Waals surface area (Å²) in [5, 5.41) is 3.47. The third-order valence-electron chi connectivity index (χ3n) is 3.26. The van der Waals surface area contributed by atoms with Gasteiger partial charge in [-0.05, 0) is 18.4 Å². The summed E-state index contributed by atoms with van der Waals surface area (Å²) in [5.41, 5.74) is 9.94. The Balaban J connectivity index is 1.92. The average Bonchev–Trinajstić information content (AvgIpc) is 3.04. The largest absolute Gasteiger partial charge is 0.329 e. The molecule has 22 heavy (non-hydrogen) atoms. The average molecular weight is 298 g/mol. The van der Waals surface area contributed by atoms with Crippen molar-refractivity contribution in [2.75, 3.05) is 20.1 Å². The third-order valence-corrected chi connectivity index (χ3v) is 3.26. The van der Waals surface area contributed by atoms with E-state index in [1.54, 1.807) is 18.1 Å². The van der Waals surface area contributed by atoms with Gasteiger partial charge < -0.3 is 4.90 Å². The molecule has 0 N–H and O–H groups in total. The van der Waals surface area contributed by atoms with E-state index in [2.05, 4.69) is 15.0 Å². The first-order valence-corrected chi connectivity index (χ1v) is 7.08. The lowest BCUT2D eigenvalue weighted by molar-refractivity contribution is 0.209. The van der Waals surface area contributed by atoms with Crippen molar-refractivity contribution in [3.8, 4) is 11.3 Å². The smallest absolute Gasteiger partial charge is 0.327 e. The summed E-state index contributed by atoms with van der Waals surface area (Å²) in [5.74, 6) is 0. The van der Waals surface area contributed by atoms with Crippen LogP contribution in [0.4, 0.5) is 4.79 Å². The van der Waals surface area contributed by atoms with Crippen molar-refractivity contribution in [1.82, 2.24) is 14.5 Å². The van der Waals surface area contributed by atoms with Gasteiger partial charge in [-0.2, -0.15) is 0 Å². The van der Waals surface area contributed by atoms with Crippen molar-refractivity contribution in [2.45, 2.75) is 12.8 Å². The monoisotopic (exact) mass is 298 g/mol. The van der Waals surface area contributed by atoms with Gasteiger partial charge in [0, 0.05) is 36.8 Å². The molecule has 2 aromatic rings. The molecule has 0 aliphatic carbocycles. The van der Waals surface area contributed by atoms with Crippen molar-refractivity contribution in [1.29, 1.82) is 0 Å². The Morgan fingerprint density at radius 3 is 2.86 bits per heavy atom. The van der Waals surface area contributed by atoms with E-state index in [1.807, 2.05) is 30.3 Å². The molecule has 0 unspecified atom stereocenters. The molecule has 0 saturated carbocycles. The van der Waals surface area contributed by atoms with E-state index < -0.39 is 0 Å². The lowest BCUT2D eigenvalue weighted by atomic mass is 10.2. The maximum atomic E-state index is 12.3. The van der Waals surface area contributed by atoms with Crippen molar-refractivity contribution in [2.24, 2.45) is 5.11 Å². The summed E-state index contributed by atoms with van der Waals surface area (Å²) in [6.45, 7) is 1.07. The Morgan fingerprint density at radius 2 is 2.14 bits per heavy atom. The highest BCUT2D eigenvalue weighted by Gasteiger charge is 2.12. The Labute approximate surface area is 128 Å². The van der Waals surface area contributed by atoms with E-state index in [4.69, 9.17) is 5.53 Å². The molecular weight excluding hydrogens is 280 g/mol. The molecule has 0 bridgehead atoms. The lowest BCUT2D eigenvalue weighted by Crippen LogP contribution is -2.31. The molecule has 0 aliphatic rings. The van der Waals surface area contributed by atoms with Crippen LogP contribution in [-0.2, 0) is 0 Å². The Kier molecular flexibility index (Phi) is 5.57. The molecule has 7 nitrogen and oxygen atoms in total. The number of amides is 1. The molecule has 1 heterocycles. The zero-order valence-electron chi connectivity index (χ0n) is 12.5. The predicted octanol–water partition coefficient (Wildman–Crippen LogP) is 3.54. The van der Waals surface area contributed by atoms with Gasteiger partial charge in [0.2, 0.25) is 0 Å². The highest BCUT2D eigenvalue weighted by atomic mass is 16.2. The van der Waals surface area contributed by atoms with Crippen LogP contribution in [0.3, 0.4) is 0 Å². The number of hydrogen-bond donors (Lipinski definition) is 0. The fourth-order valence-electron chi connectivity index (χ4n) is 2.05. The molecular formula is C15H18N6O. The summed E-state index contributed by atoms with van der Waals surface area (Å²) in [4.78, 5) is 20.9. The van der Waals surface area contributed by atoms with E-state index in [-0.39, 0.29) is 6.03 Å². The van der Waals surface area contributed by atoms with Gasteiger partial charge in [0.05, 0.1) is 5.69 Å². The van der Waals surface area contributed by atoms with Crippen LogP contribution in [0.15, 0.2) is 48.0 Å². The number of imidazole rings is 1. The van der Waals surface area contributed by atoms with Crippen LogP contribution in [0.2, 0.25) is 0 Å². The molecule has 0 spiro atoms. The topological polar surface area (TPSA) is 86.9 Å². The second kappa shape index (κ2) is 7.85. The number of rotatable bonds is 6. The number of carbonyl (C=O) groups excluding carboxylic acids is 1. The van der Waals surface area contributed by atoms with Gasteiger partial charge in [-0.3, -0.25) is 4.57 Å². The van der Waals surface area contributed by atoms with E-state index in [0.29, 0.717) is 13.1 Å². The molecule has 0 atom stereocenters. The number of hydrogen-bond acceptors (Lipinski definition) is 3. The molecule has 1 aromatic heterocycles. The van der Waals surface area contributed by atoms with Gasteiger partial charge in [0.1, 0.15) is 6.33 Å². The van der Waals surface area contributed by atoms with E-state index in [0.717, 1.165) is 24.1 Å². The fraction of sp³-hybridized carbons (Fsp3) is 0.333. The van der Waals surface area contributed by atoms with Gasteiger partial charge in [0.25, 0.3) is 0 Å². The number of azide groups is 1. The molecule has 0 radical (unpaired) electrons. The Hall–Kier alpha value is -2.79. The standard InChI is InChI=1S/C15H18N6O/c1-20(10-6-5-9-18-19-16)15(22)21-11-14(17-12-21)13-7-3-2-4-8-13/h2-4,7-8,11-12H,5-6,9-10H2,1H3. The molecule has 7 heteroatoms. The Morgan fingerprint density at radius 1 is 1.36 bits per heavy atom. The summed E-state index contributed by atoms with van der Waals surface area (Å²) < 4.78 is 1.48. The minimum Gasteiger partial charge on any atom is -0.327 e. The van der Waals surface area contributed by atoms with Crippen LogP contribution in [0, 0.1) is 0 Å². The number of aromatic nitrogens is 2. The molecule has 0 saturated heterocycles. The minimum absolute atomic E-state index is 0.126. The first-order valence-electron chi connectivity index (χ1n) is 7.08. The van der Waals surface area contributed by atoms with Crippen LogP contribution in [-0.4, -0.2) is 40.6 Å². The third kappa shape index (κ3) is 4.10. The number of nitrogens with zero attached hydrogens (tertiary/aromatic N) is 6. The quantitative estimate of drug-likeness (QED) is 0.353. The summed E-state index contributed by atoms with van der Waals surface area (Å²) in [6.07, 6.45) is 4.82. The van der Waals surface area contributed by atoms with Crippen LogP contribution in [0.25, 0.3) is 21.7 Å². The number of benzene rings is 1. The second-order valence-electron chi connectivity index (χ2n) is 4.90. The van der Waals surface area contributed by atoms with Crippen molar-refractivity contribution < 1.29 is 4.79 Å². The normalized spacial score (nSPS) is 10.0. The second-order valence-corrected chi connectivity index (χ2v) is 4.90. The molecule has 0 fully saturated rings. The summed E-state index contributed by atoms with van der Waals surface area (Å²) in [6, 6.07) is 9.60. The maximum Gasteiger partial charge on any atom is 0.329 e. The maximum absolute atomic E-state index is 12.3. The molecule has 2 rings (SSSR count). The van der Waals surface area contributed by atoms with Gasteiger partial charge in [0.15, 0.2) is 0 Å². The van der Waals surface area contributed by atoms with Crippen molar-refractivity contribution >= 4 is 6.03 Å². The van der Waals surface area contributed by atoms with Gasteiger partial charge in [-0.15, -0.1) is 0 Å². The minimum atomic E-state index is -0.126. The molecule has 114 valence electrons. The Bertz CT molecular complexity index is 660. The SMILES string of the molecule is CN(CCCCN=[N+]=[N-])C(=O)n1cnc(-c2ccccc2)c1. The number of carbonyl (C=O) groups is 1. The van der Waals surface area contributed by atoms with Crippen molar-refractivity contribution in [3.05, 3.63) is 53.3 Å². The molecule has 0 aliphatic heterocycles. The van der Waals surface area contributed by atoms with E-state index in [9.17, 15) is 4.79 Å². The van der Waals surface area contributed by atoms with Gasteiger partial charge in [-0.25, -0.2) is 9.78 Å². The van der Waals surface area contributed by atoms with Crippen LogP contribution in [0.1, 0.15) is 12.8 Å². The number of unbranched alkanes of at least 4 members (excludes halogenated alkanes) is 1. The zero-order valence-corrected chi connectivity index (χ0v) is 12.5. The van der Waals surface area contributed by atoms with Crippen LogP contribution < -0.4 is 0 Å². The van der Waals surface area contributed by atoms with Gasteiger partial charge in [-0.1, -0.05) is 35.4 Å². The first kappa shape index (κ1) is 15.6. The van der Waals surface area contributed by atoms with Crippen molar-refractivity contribution in [3.63, 3.8) is 0 Å². The summed E-state index contributed by atoms with van der Waals surface area (Å²) >= 11 is 0. The predicted molar refractivity (Wildman–Crippen MR) is 84.3 cm³/mol. The molecule has 1 amide bonds. The van der Waals surface area contributed by atoms with Gasteiger partial charge >= 0.3 is 6.03 Å². The van der Waals surface area contributed by atoms with E-state index >= 15 is 0 Å². The van der Waals surface area contributed by atoms with Crippen LogP contribution >= 0.6 is 0 Å².